The smallest absolute Gasteiger partial charge is 0.254 e. The summed E-state index contributed by atoms with van der Waals surface area (Å²) in [6.07, 6.45) is 5.96. The normalized spacial score (nSPS) is 17.1. The van der Waals surface area contributed by atoms with Crippen LogP contribution in [0.4, 0.5) is 11.5 Å². The average molecular weight is 409 g/mol. The van der Waals surface area contributed by atoms with Gasteiger partial charge in [-0.05, 0) is 43.2 Å². The van der Waals surface area contributed by atoms with E-state index in [-0.39, 0.29) is 17.7 Å². The van der Waals surface area contributed by atoms with E-state index in [9.17, 15) is 9.59 Å². The van der Waals surface area contributed by atoms with E-state index in [2.05, 4.69) is 15.2 Å². The van der Waals surface area contributed by atoms with Gasteiger partial charge in [0.15, 0.2) is 0 Å². The van der Waals surface area contributed by atoms with Crippen LogP contribution in [-0.2, 0) is 4.79 Å². The van der Waals surface area contributed by atoms with E-state index < -0.39 is 0 Å². The van der Waals surface area contributed by atoms with Crippen LogP contribution in [0.1, 0.15) is 36.0 Å². The molecule has 1 aromatic carbocycles. The molecule has 7 nitrogen and oxygen atoms in total. The zero-order valence-electron chi connectivity index (χ0n) is 17.3. The topological polar surface area (TPSA) is 74.8 Å². The summed E-state index contributed by atoms with van der Waals surface area (Å²) in [5.41, 5.74) is 1.38. The Balaban J connectivity index is 1.31. The van der Waals surface area contributed by atoms with Crippen molar-refractivity contribution in [2.45, 2.75) is 25.7 Å². The van der Waals surface area contributed by atoms with Crippen LogP contribution in [0.3, 0.4) is 0 Å². The van der Waals surface area contributed by atoms with Gasteiger partial charge in [0.25, 0.3) is 5.91 Å². The maximum Gasteiger partial charge on any atom is 0.254 e. The molecule has 7 heteroatoms. The third-order valence-corrected chi connectivity index (χ3v) is 5.95. The van der Waals surface area contributed by atoms with E-state index in [0.717, 1.165) is 50.3 Å². The number of methoxy groups -OCH3 is 1. The fourth-order valence-electron chi connectivity index (χ4n) is 4.16. The van der Waals surface area contributed by atoms with E-state index >= 15 is 0 Å². The first kappa shape index (κ1) is 20.2. The van der Waals surface area contributed by atoms with Gasteiger partial charge in [0.2, 0.25) is 5.91 Å². The predicted octanol–water partition coefficient (Wildman–Crippen LogP) is 3.18. The Labute approximate surface area is 177 Å². The van der Waals surface area contributed by atoms with Gasteiger partial charge in [-0.15, -0.1) is 0 Å². The van der Waals surface area contributed by atoms with E-state index in [4.69, 9.17) is 4.74 Å². The number of carbonyl (C=O) groups excluding carboxylic acids is 2. The average Bonchev–Trinajstić information content (AvgIpc) is 3.34. The number of amides is 2. The van der Waals surface area contributed by atoms with Crippen molar-refractivity contribution in [2.75, 3.05) is 43.5 Å². The van der Waals surface area contributed by atoms with Crippen LogP contribution in [0.5, 0.6) is 5.75 Å². The van der Waals surface area contributed by atoms with Gasteiger partial charge in [0, 0.05) is 37.7 Å². The molecule has 0 bridgehead atoms. The molecule has 1 saturated heterocycles. The Kier molecular flexibility index (Phi) is 6.16. The lowest BCUT2D eigenvalue weighted by atomic mass is 10.1. The van der Waals surface area contributed by atoms with Gasteiger partial charge in [-0.3, -0.25) is 9.59 Å². The van der Waals surface area contributed by atoms with Crippen molar-refractivity contribution < 1.29 is 14.3 Å². The molecule has 158 valence electrons. The Morgan fingerprint density at radius 1 is 1.07 bits per heavy atom. The zero-order chi connectivity index (χ0) is 20.9. The number of nitrogens with zero attached hydrogens (tertiary/aromatic N) is 3. The van der Waals surface area contributed by atoms with E-state index in [1.54, 1.807) is 19.4 Å². The van der Waals surface area contributed by atoms with Gasteiger partial charge in [0.1, 0.15) is 11.6 Å². The lowest BCUT2D eigenvalue weighted by Crippen LogP contribution is -2.49. The maximum atomic E-state index is 12.8. The molecule has 0 radical (unpaired) electrons. The van der Waals surface area contributed by atoms with Crippen LogP contribution < -0.4 is 15.0 Å². The van der Waals surface area contributed by atoms with Crippen LogP contribution in [0, 0.1) is 5.92 Å². The maximum absolute atomic E-state index is 12.8. The summed E-state index contributed by atoms with van der Waals surface area (Å²) >= 11 is 0. The first-order valence-corrected chi connectivity index (χ1v) is 10.6. The first-order valence-electron chi connectivity index (χ1n) is 10.6. The Morgan fingerprint density at radius 3 is 2.50 bits per heavy atom. The minimum Gasteiger partial charge on any atom is -0.497 e. The molecule has 4 rings (SSSR count). The van der Waals surface area contributed by atoms with Gasteiger partial charge in [0.05, 0.1) is 19.0 Å². The van der Waals surface area contributed by atoms with Crippen molar-refractivity contribution >= 4 is 23.3 Å². The van der Waals surface area contributed by atoms with Crippen LogP contribution in [0.15, 0.2) is 42.6 Å². The van der Waals surface area contributed by atoms with Gasteiger partial charge in [-0.2, -0.15) is 0 Å². The molecular weight excluding hydrogens is 380 g/mol. The van der Waals surface area contributed by atoms with E-state index in [1.807, 2.05) is 35.2 Å². The van der Waals surface area contributed by atoms with Crippen molar-refractivity contribution in [2.24, 2.45) is 5.92 Å². The fourth-order valence-corrected chi connectivity index (χ4v) is 4.16. The minimum atomic E-state index is 0.0199. The molecule has 1 aromatic heterocycles. The van der Waals surface area contributed by atoms with E-state index in [0.29, 0.717) is 24.4 Å². The molecule has 2 heterocycles. The molecular formula is C23H28N4O3. The summed E-state index contributed by atoms with van der Waals surface area (Å²) in [5, 5.41) is 2.98. The van der Waals surface area contributed by atoms with E-state index in [1.165, 1.54) is 0 Å². The molecule has 1 aliphatic heterocycles. The molecule has 2 fully saturated rings. The molecule has 2 amide bonds. The number of rotatable bonds is 5. The number of hydrogen-bond donors (Lipinski definition) is 1. The Morgan fingerprint density at radius 2 is 1.83 bits per heavy atom. The standard InChI is InChI=1S/C23H28N4O3/c1-30-20-8-4-7-18(15-20)23(29)27-13-11-26(12-14-27)21-10-9-19(16-24-21)25-22(28)17-5-2-3-6-17/h4,7-10,15-17H,2-3,5-6,11-14H2,1H3,(H,25,28). The van der Waals surface area contributed by atoms with Crippen molar-refractivity contribution in [3.63, 3.8) is 0 Å². The Hall–Kier alpha value is -3.09. The Bertz CT molecular complexity index is 886. The number of aromatic nitrogens is 1. The summed E-state index contributed by atoms with van der Waals surface area (Å²) in [4.78, 5) is 33.6. The zero-order valence-corrected chi connectivity index (χ0v) is 17.3. The number of pyridine rings is 1. The largest absolute Gasteiger partial charge is 0.497 e. The third-order valence-electron chi connectivity index (χ3n) is 5.95. The van der Waals surface area contributed by atoms with Crippen molar-refractivity contribution in [1.82, 2.24) is 9.88 Å². The molecule has 0 atom stereocenters. The first-order chi connectivity index (χ1) is 14.6. The summed E-state index contributed by atoms with van der Waals surface area (Å²) in [5.74, 6) is 1.81. The number of anilines is 2. The molecule has 2 aliphatic rings. The highest BCUT2D eigenvalue weighted by atomic mass is 16.5. The highest BCUT2D eigenvalue weighted by Crippen LogP contribution is 2.26. The lowest BCUT2D eigenvalue weighted by molar-refractivity contribution is -0.119. The number of piperazine rings is 1. The van der Waals surface area contributed by atoms with Gasteiger partial charge in [-0.1, -0.05) is 18.9 Å². The lowest BCUT2D eigenvalue weighted by Gasteiger charge is -2.35. The van der Waals surface area contributed by atoms with Crippen LogP contribution in [-0.4, -0.2) is 55.0 Å². The highest BCUT2D eigenvalue weighted by Gasteiger charge is 2.24. The van der Waals surface area contributed by atoms with Gasteiger partial charge >= 0.3 is 0 Å². The molecule has 2 aromatic rings. The highest BCUT2D eigenvalue weighted by molar-refractivity contribution is 5.95. The molecule has 1 N–H and O–H groups in total. The molecule has 1 saturated carbocycles. The van der Waals surface area contributed by atoms with Crippen molar-refractivity contribution in [3.8, 4) is 5.75 Å². The van der Waals surface area contributed by atoms with Crippen LogP contribution >= 0.6 is 0 Å². The monoisotopic (exact) mass is 408 g/mol. The molecule has 1 aliphatic carbocycles. The number of benzene rings is 1. The third kappa shape index (κ3) is 4.56. The molecule has 0 spiro atoms. The predicted molar refractivity (Wildman–Crippen MR) is 116 cm³/mol. The quantitative estimate of drug-likeness (QED) is 0.823. The second-order valence-electron chi connectivity index (χ2n) is 7.89. The van der Waals surface area contributed by atoms with Crippen LogP contribution in [0.2, 0.25) is 0 Å². The molecule has 0 unspecified atom stereocenters. The number of carbonyl (C=O) groups is 2. The summed E-state index contributed by atoms with van der Waals surface area (Å²) < 4.78 is 5.22. The summed E-state index contributed by atoms with van der Waals surface area (Å²) in [6.45, 7) is 2.71. The molecule has 30 heavy (non-hydrogen) atoms. The number of hydrogen-bond acceptors (Lipinski definition) is 5. The van der Waals surface area contributed by atoms with Gasteiger partial charge in [-0.25, -0.2) is 4.98 Å². The second-order valence-corrected chi connectivity index (χ2v) is 7.89. The van der Waals surface area contributed by atoms with Crippen molar-refractivity contribution in [1.29, 1.82) is 0 Å². The minimum absolute atomic E-state index is 0.0199. The number of ether oxygens (including phenoxy) is 1. The van der Waals surface area contributed by atoms with Crippen molar-refractivity contribution in [3.05, 3.63) is 48.2 Å². The fraction of sp³-hybridized carbons (Fsp3) is 0.435. The second kappa shape index (κ2) is 9.15. The summed E-state index contributed by atoms with van der Waals surface area (Å²) in [6, 6.07) is 11.1. The summed E-state index contributed by atoms with van der Waals surface area (Å²) in [7, 11) is 1.60. The number of nitrogens with one attached hydrogen (secondary N) is 1. The van der Waals surface area contributed by atoms with Gasteiger partial charge < -0.3 is 19.9 Å². The SMILES string of the molecule is COc1cccc(C(=O)N2CCN(c3ccc(NC(=O)C4CCCC4)cn3)CC2)c1. The van der Waals surface area contributed by atoms with Crippen LogP contribution in [0.25, 0.3) is 0 Å².